The van der Waals surface area contributed by atoms with E-state index < -0.39 is 12.0 Å². The van der Waals surface area contributed by atoms with Crippen LogP contribution in [-0.2, 0) is 27.4 Å². The molecule has 10 heteroatoms. The zero-order chi connectivity index (χ0) is 26.7. The molecule has 0 bridgehead atoms. The van der Waals surface area contributed by atoms with Crippen molar-refractivity contribution in [2.24, 2.45) is 5.73 Å². The van der Waals surface area contributed by atoms with Crippen LogP contribution in [0, 0.1) is 0 Å². The average Bonchev–Trinajstić information content (AvgIpc) is 3.40. The fourth-order valence-corrected chi connectivity index (χ4v) is 3.65. The van der Waals surface area contributed by atoms with E-state index in [1.54, 1.807) is 43.6 Å². The number of carbonyl (C=O) groups excluding carboxylic acids is 2. The van der Waals surface area contributed by atoms with E-state index in [9.17, 15) is 9.59 Å². The number of anilines is 2. The average molecular weight is 516 g/mol. The predicted molar refractivity (Wildman–Crippen MR) is 140 cm³/mol. The monoisotopic (exact) mass is 515 g/mol. The number of nitrogens with two attached hydrogens (primary N) is 1. The molecular weight excluding hydrogens is 486 g/mol. The van der Waals surface area contributed by atoms with Crippen molar-refractivity contribution in [2.45, 2.75) is 38.8 Å². The smallest absolute Gasteiger partial charge is 0.322 e. The van der Waals surface area contributed by atoms with Gasteiger partial charge >= 0.3 is 5.97 Å². The summed E-state index contributed by atoms with van der Waals surface area (Å²) in [5, 5.41) is 4.16. The lowest BCUT2D eigenvalue weighted by Crippen LogP contribution is -2.34. The van der Waals surface area contributed by atoms with Crippen LogP contribution in [0.5, 0.6) is 5.88 Å². The molecule has 2 N–H and O–H groups in total. The maximum atomic E-state index is 13.2. The zero-order valence-electron chi connectivity index (χ0n) is 21.0. The Kier molecular flexibility index (Phi) is 9.14. The van der Waals surface area contributed by atoms with Gasteiger partial charge in [-0.1, -0.05) is 41.6 Å². The Bertz CT molecular complexity index is 1310. The standard InChI is InChI=1S/C28H29N5O5/c1-2-36-28(35)23(29)13-14-26(34)33(24-7-3-5-15-30-24)27-18-22(32-38-27)17-20-9-11-21(12-10-20)19-37-25-8-4-6-16-31-25/h3-12,15-16,18,23H,2,13-14,17,19,29H2,1H3. The minimum absolute atomic E-state index is 0.00533. The quantitative estimate of drug-likeness (QED) is 0.278. The van der Waals surface area contributed by atoms with Crippen LogP contribution < -0.4 is 15.4 Å². The van der Waals surface area contributed by atoms with Gasteiger partial charge in [-0.3, -0.25) is 9.59 Å². The molecule has 3 aromatic heterocycles. The van der Waals surface area contributed by atoms with Gasteiger partial charge in [0.1, 0.15) is 18.5 Å². The van der Waals surface area contributed by atoms with Gasteiger partial charge in [0.05, 0.1) is 12.3 Å². The molecule has 10 nitrogen and oxygen atoms in total. The fourth-order valence-electron chi connectivity index (χ4n) is 3.65. The second-order valence-corrected chi connectivity index (χ2v) is 8.42. The van der Waals surface area contributed by atoms with E-state index in [0.29, 0.717) is 30.4 Å². The van der Waals surface area contributed by atoms with Crippen molar-refractivity contribution >= 4 is 23.6 Å². The lowest BCUT2D eigenvalue weighted by Gasteiger charge is -2.19. The molecule has 38 heavy (non-hydrogen) atoms. The molecule has 0 aliphatic carbocycles. The van der Waals surface area contributed by atoms with E-state index in [2.05, 4.69) is 15.1 Å². The molecule has 0 radical (unpaired) electrons. The van der Waals surface area contributed by atoms with Gasteiger partial charge in [-0.15, -0.1) is 0 Å². The molecule has 1 atom stereocenters. The van der Waals surface area contributed by atoms with Crippen LogP contribution in [0.2, 0.25) is 0 Å². The second-order valence-electron chi connectivity index (χ2n) is 8.42. The molecule has 0 spiro atoms. The number of esters is 1. The Morgan fingerprint density at radius 2 is 1.74 bits per heavy atom. The summed E-state index contributed by atoms with van der Waals surface area (Å²) in [6.45, 7) is 2.34. The summed E-state index contributed by atoms with van der Waals surface area (Å²) in [5.41, 5.74) is 8.54. The van der Waals surface area contributed by atoms with Crippen molar-refractivity contribution in [3.63, 3.8) is 0 Å². The number of aromatic nitrogens is 3. The topological polar surface area (TPSA) is 134 Å². The first-order chi connectivity index (χ1) is 18.5. The highest BCUT2D eigenvalue weighted by Gasteiger charge is 2.25. The van der Waals surface area contributed by atoms with E-state index in [0.717, 1.165) is 11.1 Å². The van der Waals surface area contributed by atoms with Crippen molar-refractivity contribution in [3.05, 3.63) is 95.9 Å². The van der Waals surface area contributed by atoms with Crippen LogP contribution >= 0.6 is 0 Å². The molecule has 4 rings (SSSR count). The van der Waals surface area contributed by atoms with Crippen molar-refractivity contribution in [1.29, 1.82) is 0 Å². The van der Waals surface area contributed by atoms with Gasteiger partial charge in [-0.05, 0) is 42.7 Å². The third kappa shape index (κ3) is 7.23. The molecule has 0 saturated carbocycles. The van der Waals surface area contributed by atoms with E-state index in [4.69, 9.17) is 19.7 Å². The van der Waals surface area contributed by atoms with Crippen LogP contribution in [0.1, 0.15) is 36.6 Å². The number of pyridine rings is 2. The lowest BCUT2D eigenvalue weighted by atomic mass is 10.1. The second kappa shape index (κ2) is 13.1. The van der Waals surface area contributed by atoms with Gasteiger partial charge in [0.2, 0.25) is 17.7 Å². The molecule has 0 saturated heterocycles. The number of carbonyl (C=O) groups is 2. The van der Waals surface area contributed by atoms with Gasteiger partial charge in [0.15, 0.2) is 0 Å². The van der Waals surface area contributed by atoms with Gasteiger partial charge < -0.3 is 19.7 Å². The van der Waals surface area contributed by atoms with Crippen LogP contribution in [0.3, 0.4) is 0 Å². The van der Waals surface area contributed by atoms with Crippen LogP contribution in [0.15, 0.2) is 83.6 Å². The number of nitrogens with zero attached hydrogens (tertiary/aromatic N) is 4. The van der Waals surface area contributed by atoms with Gasteiger partial charge in [0, 0.05) is 37.4 Å². The maximum absolute atomic E-state index is 13.2. The number of benzene rings is 1. The first-order valence-corrected chi connectivity index (χ1v) is 12.3. The summed E-state index contributed by atoms with van der Waals surface area (Å²) in [7, 11) is 0. The number of hydrogen-bond donors (Lipinski definition) is 1. The van der Waals surface area contributed by atoms with E-state index >= 15 is 0 Å². The number of hydrogen-bond acceptors (Lipinski definition) is 9. The van der Waals surface area contributed by atoms with Crippen molar-refractivity contribution in [3.8, 4) is 5.88 Å². The number of amides is 1. The van der Waals surface area contributed by atoms with Crippen LogP contribution in [0.25, 0.3) is 0 Å². The normalized spacial score (nSPS) is 11.5. The van der Waals surface area contributed by atoms with E-state index in [1.165, 1.54) is 4.90 Å². The van der Waals surface area contributed by atoms with E-state index in [-0.39, 0.29) is 31.2 Å². The van der Waals surface area contributed by atoms with Crippen LogP contribution in [0.4, 0.5) is 11.7 Å². The third-order valence-corrected chi connectivity index (χ3v) is 5.59. The lowest BCUT2D eigenvalue weighted by molar-refractivity contribution is -0.144. The Morgan fingerprint density at radius 1 is 1.00 bits per heavy atom. The Morgan fingerprint density at radius 3 is 2.42 bits per heavy atom. The summed E-state index contributed by atoms with van der Waals surface area (Å²) in [4.78, 5) is 34.8. The molecule has 3 heterocycles. The highest BCUT2D eigenvalue weighted by molar-refractivity contribution is 5.98. The summed E-state index contributed by atoms with van der Waals surface area (Å²) >= 11 is 0. The highest BCUT2D eigenvalue weighted by atomic mass is 16.5. The molecule has 196 valence electrons. The predicted octanol–water partition coefficient (Wildman–Crippen LogP) is 3.97. The highest BCUT2D eigenvalue weighted by Crippen LogP contribution is 2.27. The van der Waals surface area contributed by atoms with Gasteiger partial charge in [-0.25, -0.2) is 14.9 Å². The Labute approximate surface area is 220 Å². The first-order valence-electron chi connectivity index (χ1n) is 12.3. The Hall–Kier alpha value is -4.57. The molecule has 4 aromatic rings. The summed E-state index contributed by atoms with van der Waals surface area (Å²) < 4.78 is 16.2. The summed E-state index contributed by atoms with van der Waals surface area (Å²) in [6, 6.07) is 19.5. The molecule has 1 amide bonds. The minimum Gasteiger partial charge on any atom is -0.473 e. The fraction of sp³-hybridized carbons (Fsp3) is 0.250. The molecular formula is C28H29N5O5. The largest absolute Gasteiger partial charge is 0.473 e. The molecule has 0 aliphatic heterocycles. The van der Waals surface area contributed by atoms with Crippen molar-refractivity contribution in [1.82, 2.24) is 15.1 Å². The molecule has 1 aromatic carbocycles. The summed E-state index contributed by atoms with van der Waals surface area (Å²) in [5.74, 6) is 0.307. The van der Waals surface area contributed by atoms with Crippen molar-refractivity contribution < 1.29 is 23.6 Å². The zero-order valence-corrected chi connectivity index (χ0v) is 21.0. The van der Waals surface area contributed by atoms with Crippen molar-refractivity contribution in [2.75, 3.05) is 11.5 Å². The van der Waals surface area contributed by atoms with Crippen LogP contribution in [-0.4, -0.2) is 39.6 Å². The van der Waals surface area contributed by atoms with Gasteiger partial charge in [0.25, 0.3) is 0 Å². The SMILES string of the molecule is CCOC(=O)C(N)CCC(=O)N(c1ccccn1)c1cc(Cc2ccc(COc3ccccn3)cc2)no1. The number of rotatable bonds is 12. The summed E-state index contributed by atoms with van der Waals surface area (Å²) in [6.07, 6.45) is 3.89. The van der Waals surface area contributed by atoms with E-state index in [1.807, 2.05) is 42.5 Å². The first kappa shape index (κ1) is 26.5. The minimum atomic E-state index is -0.896. The maximum Gasteiger partial charge on any atom is 0.322 e. The third-order valence-electron chi connectivity index (χ3n) is 5.59. The molecule has 1 unspecified atom stereocenters. The van der Waals surface area contributed by atoms with Gasteiger partial charge in [-0.2, -0.15) is 0 Å². The number of ether oxygens (including phenoxy) is 2. The molecule has 0 aliphatic rings. The Balaban J connectivity index is 1.41. The molecule has 0 fully saturated rings.